The van der Waals surface area contributed by atoms with Crippen molar-refractivity contribution in [3.63, 3.8) is 0 Å². The van der Waals surface area contributed by atoms with Gasteiger partial charge in [0.2, 0.25) is 0 Å². The van der Waals surface area contributed by atoms with Crippen LogP contribution in [-0.4, -0.2) is 25.7 Å². The fraction of sp³-hybridized carbons (Fsp3) is 0.100. The van der Waals surface area contributed by atoms with Crippen LogP contribution >= 0.6 is 0 Å². The van der Waals surface area contributed by atoms with Crippen LogP contribution in [-0.2, 0) is 17.1 Å². The van der Waals surface area contributed by atoms with E-state index in [0.717, 1.165) is 28.8 Å². The molecule has 0 bridgehead atoms. The molecule has 1 aromatic carbocycles. The van der Waals surface area contributed by atoms with E-state index in [-0.39, 0.29) is 11.9 Å². The maximum atomic E-state index is 13.0. The molecule has 2 N–H and O–H groups in total. The van der Waals surface area contributed by atoms with Gasteiger partial charge in [0, 0.05) is 30.1 Å². The Morgan fingerprint density at radius 1 is 1.03 bits per heavy atom. The largest absolute Gasteiger partial charge is 0.416 e. The van der Waals surface area contributed by atoms with E-state index in [0.29, 0.717) is 23.0 Å². The second kappa shape index (κ2) is 8.16. The zero-order valence-corrected chi connectivity index (χ0v) is 16.3. The molecule has 4 rings (SSSR count). The van der Waals surface area contributed by atoms with Gasteiger partial charge in [-0.15, -0.1) is 5.10 Å². The summed E-state index contributed by atoms with van der Waals surface area (Å²) in [5.74, 6) is -0.334. The minimum absolute atomic E-state index is 0.0207. The molecule has 33 heavy (non-hydrogen) atoms. The number of carbonyl (C=O) groups excluding carboxylic acids is 1. The molecule has 1 aliphatic rings. The minimum atomic E-state index is -4.99. The van der Waals surface area contributed by atoms with Gasteiger partial charge in [-0.25, -0.2) is 14.6 Å². The van der Waals surface area contributed by atoms with Crippen molar-refractivity contribution in [1.29, 1.82) is 0 Å². The molecule has 0 saturated carbocycles. The van der Waals surface area contributed by atoms with Gasteiger partial charge < -0.3 is 0 Å². The fourth-order valence-electron chi connectivity index (χ4n) is 3.01. The van der Waals surface area contributed by atoms with E-state index in [2.05, 4.69) is 20.5 Å². The van der Waals surface area contributed by atoms with Gasteiger partial charge in [-0.1, -0.05) is 0 Å². The highest BCUT2D eigenvalue weighted by Gasteiger charge is 2.37. The van der Waals surface area contributed by atoms with Crippen molar-refractivity contribution in [2.24, 2.45) is 0 Å². The summed E-state index contributed by atoms with van der Waals surface area (Å²) < 4.78 is 79.3. The van der Waals surface area contributed by atoms with E-state index in [4.69, 9.17) is 0 Å². The number of nitrogens with one attached hydrogen (secondary N) is 2. The standard InChI is InChI=1S/C20H12F6N6O/c21-19(22,23)14-8-13(9-15(10-14)20(24,25)26)17-28-11-31(30-17)6-4-16(33)29-32-7-3-12-2-1-5-27-18(12)32/h1-11H,(H,29,33)/p+1/b6-4-. The zero-order valence-electron chi connectivity index (χ0n) is 16.3. The Morgan fingerprint density at radius 3 is 2.39 bits per heavy atom. The maximum absolute atomic E-state index is 13.0. The molecule has 1 aliphatic heterocycles. The molecule has 7 nitrogen and oxygen atoms in total. The van der Waals surface area contributed by atoms with Crippen molar-refractivity contribution in [2.75, 3.05) is 0 Å². The van der Waals surface area contributed by atoms with Crippen LogP contribution in [0.25, 0.3) is 23.7 Å². The lowest BCUT2D eigenvalue weighted by atomic mass is 10.0. The third kappa shape index (κ3) is 4.92. The van der Waals surface area contributed by atoms with Crippen LogP contribution in [0.1, 0.15) is 16.7 Å². The molecule has 0 fully saturated rings. The molecule has 170 valence electrons. The van der Waals surface area contributed by atoms with Crippen molar-refractivity contribution < 1.29 is 36.1 Å². The number of benzene rings is 1. The quantitative estimate of drug-likeness (QED) is 0.457. The van der Waals surface area contributed by atoms with E-state index in [1.165, 1.54) is 0 Å². The molecule has 3 heterocycles. The molecule has 1 atom stereocenters. The molecule has 2 aromatic heterocycles. The van der Waals surface area contributed by atoms with E-state index < -0.39 is 35.0 Å². The number of rotatable bonds is 4. The van der Waals surface area contributed by atoms with Gasteiger partial charge in [0.1, 0.15) is 12.5 Å². The van der Waals surface area contributed by atoms with Crippen molar-refractivity contribution in [1.82, 2.24) is 25.2 Å². The molecule has 0 radical (unpaired) electrons. The summed E-state index contributed by atoms with van der Waals surface area (Å²) in [7, 11) is 0. The Kier molecular flexibility index (Phi) is 5.49. The van der Waals surface area contributed by atoms with Crippen LogP contribution in [0, 0.1) is 0 Å². The highest BCUT2D eigenvalue weighted by atomic mass is 19.4. The first-order chi connectivity index (χ1) is 15.5. The Labute approximate surface area is 181 Å². The molecule has 13 heteroatoms. The predicted octanol–water partition coefficient (Wildman–Crippen LogP) is 3.08. The number of halogens is 6. The number of hydrogen-bond donors (Lipinski definition) is 2. The Morgan fingerprint density at radius 2 is 1.73 bits per heavy atom. The summed E-state index contributed by atoms with van der Waals surface area (Å²) in [4.78, 5) is 20.1. The average Bonchev–Trinajstić information content (AvgIpc) is 3.38. The minimum Gasteiger partial charge on any atom is -0.265 e. The lowest BCUT2D eigenvalue weighted by molar-refractivity contribution is -0.815. The monoisotopic (exact) mass is 467 g/mol. The number of hydrogen-bond acceptors (Lipinski definition) is 4. The molecule has 1 amide bonds. The molecular weight excluding hydrogens is 454 g/mol. The summed E-state index contributed by atoms with van der Waals surface area (Å²) in [6.07, 6.45) is -1.68. The third-order valence-electron chi connectivity index (χ3n) is 4.51. The Hall–Kier alpha value is -4.00. The van der Waals surface area contributed by atoms with E-state index >= 15 is 0 Å². The highest BCUT2D eigenvalue weighted by molar-refractivity contribution is 5.89. The second-order valence-electron chi connectivity index (χ2n) is 6.84. The molecule has 3 aromatic rings. The number of carbonyl (C=O) groups is 1. The van der Waals surface area contributed by atoms with Crippen LogP contribution in [0.4, 0.5) is 32.2 Å². The first kappa shape index (κ1) is 22.2. The average molecular weight is 467 g/mol. The van der Waals surface area contributed by atoms with Gasteiger partial charge >= 0.3 is 12.4 Å². The second-order valence-corrected chi connectivity index (χ2v) is 6.84. The number of aromatic nitrogens is 4. The number of fused-ring (bicyclic) bond motifs is 1. The van der Waals surface area contributed by atoms with E-state index in [9.17, 15) is 31.1 Å². The van der Waals surface area contributed by atoms with Gasteiger partial charge in [0.15, 0.2) is 5.82 Å². The Balaban J connectivity index is 1.52. The maximum Gasteiger partial charge on any atom is 0.416 e. The van der Waals surface area contributed by atoms with E-state index in [1.807, 2.05) is 6.07 Å². The first-order valence-electron chi connectivity index (χ1n) is 9.21. The van der Waals surface area contributed by atoms with Crippen LogP contribution in [0.5, 0.6) is 0 Å². The fourth-order valence-corrected chi connectivity index (χ4v) is 3.01. The summed E-state index contributed by atoms with van der Waals surface area (Å²) in [6.45, 7) is 0. The van der Waals surface area contributed by atoms with Crippen molar-refractivity contribution in [3.8, 4) is 11.4 Å². The number of amides is 1. The lowest BCUT2D eigenvalue weighted by Crippen LogP contribution is -3.10. The molecular formula is C20H13F6N6O+. The van der Waals surface area contributed by atoms with E-state index in [1.54, 1.807) is 24.5 Å². The van der Waals surface area contributed by atoms with Crippen LogP contribution < -0.4 is 10.4 Å². The third-order valence-corrected chi connectivity index (χ3v) is 4.51. The number of quaternary nitrogens is 1. The van der Waals surface area contributed by atoms with Crippen molar-refractivity contribution in [2.45, 2.75) is 12.4 Å². The highest BCUT2D eigenvalue weighted by Crippen LogP contribution is 2.38. The Bertz CT molecular complexity index is 1230. The van der Waals surface area contributed by atoms with Gasteiger partial charge in [-0.3, -0.25) is 4.79 Å². The predicted molar refractivity (Wildman–Crippen MR) is 103 cm³/mol. The zero-order chi connectivity index (χ0) is 23.8. The summed E-state index contributed by atoms with van der Waals surface area (Å²) >= 11 is 0. The number of pyridine rings is 1. The number of nitrogens with zero attached hydrogens (tertiary/aromatic N) is 4. The smallest absolute Gasteiger partial charge is 0.265 e. The van der Waals surface area contributed by atoms with Gasteiger partial charge in [-0.2, -0.15) is 36.8 Å². The first-order valence-corrected chi connectivity index (χ1v) is 9.21. The van der Waals surface area contributed by atoms with Crippen molar-refractivity contribution >= 4 is 24.0 Å². The molecule has 1 unspecified atom stereocenters. The van der Waals surface area contributed by atoms with Crippen LogP contribution in [0.15, 0.2) is 55.1 Å². The van der Waals surface area contributed by atoms with Gasteiger partial charge in [0.25, 0.3) is 11.7 Å². The molecule has 0 aliphatic carbocycles. The topological polar surface area (TPSA) is 77.1 Å². The van der Waals surface area contributed by atoms with Crippen LogP contribution in [0.2, 0.25) is 0 Å². The molecule has 0 spiro atoms. The molecule has 0 saturated heterocycles. The summed E-state index contributed by atoms with van der Waals surface area (Å²) in [5, 5.41) is 4.31. The van der Waals surface area contributed by atoms with Gasteiger partial charge in [0.05, 0.1) is 16.7 Å². The lowest BCUT2D eigenvalue weighted by Gasteiger charge is -2.13. The van der Waals surface area contributed by atoms with Crippen LogP contribution in [0.3, 0.4) is 0 Å². The van der Waals surface area contributed by atoms with Crippen molar-refractivity contribution in [3.05, 3.63) is 71.8 Å². The SMILES string of the molecule is O=C(/C=C\n1cnc(-c2cc(C(F)(F)F)cc(C(F)(F)F)c2)n1)N[NH+]1C=Cc2cccnc21. The normalized spacial score (nSPS) is 15.8. The summed E-state index contributed by atoms with van der Waals surface area (Å²) in [5.41, 5.74) is 0.0279. The number of alkyl halides is 6. The van der Waals surface area contributed by atoms with Gasteiger partial charge in [-0.05, 0) is 30.3 Å². The summed E-state index contributed by atoms with van der Waals surface area (Å²) in [6, 6.07) is 4.64.